The van der Waals surface area contributed by atoms with Crippen LogP contribution in [0.3, 0.4) is 0 Å². The fourth-order valence-corrected chi connectivity index (χ4v) is 3.91. The summed E-state index contributed by atoms with van der Waals surface area (Å²) in [6.07, 6.45) is 0. The molecule has 0 fully saturated rings. The molecule has 3 rings (SSSR count). The molecule has 1 amide bonds. The van der Waals surface area contributed by atoms with Gasteiger partial charge in [-0.2, -0.15) is 0 Å². The Balaban J connectivity index is 1.88. The molecule has 2 N–H and O–H groups in total. The Bertz CT molecular complexity index is 802. The zero-order valence-corrected chi connectivity index (χ0v) is 15.6. The monoisotopic (exact) mass is 373 g/mol. The first-order valence-corrected chi connectivity index (χ1v) is 9.30. The number of carbonyl (C=O) groups excluding carboxylic acids is 1. The summed E-state index contributed by atoms with van der Waals surface area (Å²) in [5, 5.41) is 8.55. The maximum atomic E-state index is 13.0. The van der Waals surface area contributed by atoms with Crippen molar-refractivity contribution in [3.8, 4) is 5.75 Å². The van der Waals surface area contributed by atoms with E-state index >= 15 is 0 Å². The third-order valence-corrected chi connectivity index (χ3v) is 5.08. The van der Waals surface area contributed by atoms with Crippen molar-refractivity contribution in [3.05, 3.63) is 46.7 Å². The number of amides is 1. The van der Waals surface area contributed by atoms with Gasteiger partial charge in [-0.15, -0.1) is 11.3 Å². The van der Waals surface area contributed by atoms with E-state index < -0.39 is 5.92 Å². The lowest BCUT2D eigenvalue weighted by atomic mass is 9.91. The van der Waals surface area contributed by atoms with Crippen LogP contribution in [0.2, 0.25) is 0 Å². The van der Waals surface area contributed by atoms with E-state index in [-0.39, 0.29) is 11.9 Å². The second-order valence-electron chi connectivity index (χ2n) is 5.59. The molecule has 0 saturated heterocycles. The maximum absolute atomic E-state index is 13.0. The Morgan fingerprint density at radius 3 is 2.88 bits per heavy atom. The summed E-state index contributed by atoms with van der Waals surface area (Å²) < 4.78 is 5.59. The summed E-state index contributed by atoms with van der Waals surface area (Å²) in [6.45, 7) is 4.28. The molecule has 1 aliphatic rings. The molecule has 25 heavy (non-hydrogen) atoms. The number of nitrogens with one attached hydrogen (secondary N) is 2. The highest BCUT2D eigenvalue weighted by molar-refractivity contribution is 7.80. The van der Waals surface area contributed by atoms with Gasteiger partial charge in [-0.3, -0.25) is 4.79 Å². The zero-order chi connectivity index (χ0) is 17.8. The van der Waals surface area contributed by atoms with Gasteiger partial charge in [-0.25, -0.2) is 4.99 Å². The second-order valence-corrected chi connectivity index (χ2v) is 6.96. The van der Waals surface area contributed by atoms with Crippen LogP contribution in [0.25, 0.3) is 0 Å². The molecule has 1 aromatic carbocycles. The van der Waals surface area contributed by atoms with Crippen LogP contribution in [-0.2, 0) is 4.79 Å². The lowest BCUT2D eigenvalue weighted by molar-refractivity contribution is -0.118. The number of ether oxygens (including phenoxy) is 1. The summed E-state index contributed by atoms with van der Waals surface area (Å²) in [5.41, 5.74) is 1.36. The topological polar surface area (TPSA) is 62.7 Å². The molecule has 0 spiro atoms. The van der Waals surface area contributed by atoms with Gasteiger partial charge in [0.1, 0.15) is 11.7 Å². The van der Waals surface area contributed by atoms with Crippen LogP contribution in [0.5, 0.6) is 5.75 Å². The predicted octanol–water partition coefficient (Wildman–Crippen LogP) is 3.79. The van der Waals surface area contributed by atoms with Gasteiger partial charge < -0.3 is 15.4 Å². The van der Waals surface area contributed by atoms with Crippen LogP contribution >= 0.6 is 23.6 Å². The van der Waals surface area contributed by atoms with Crippen molar-refractivity contribution in [2.24, 2.45) is 10.9 Å². The fraction of sp³-hybridized carbons (Fsp3) is 0.278. The minimum absolute atomic E-state index is 0.137. The van der Waals surface area contributed by atoms with Gasteiger partial charge in [-0.1, -0.05) is 18.2 Å². The lowest BCUT2D eigenvalue weighted by Crippen LogP contribution is -2.45. The number of rotatable bonds is 5. The Hall–Kier alpha value is -2.25. The van der Waals surface area contributed by atoms with E-state index in [2.05, 4.69) is 15.6 Å². The average molecular weight is 374 g/mol. The van der Waals surface area contributed by atoms with Crippen molar-refractivity contribution in [1.82, 2.24) is 5.32 Å². The minimum atomic E-state index is -0.444. The van der Waals surface area contributed by atoms with Crippen molar-refractivity contribution in [3.63, 3.8) is 0 Å². The molecule has 2 heterocycles. The van der Waals surface area contributed by atoms with Crippen molar-refractivity contribution >= 4 is 46.0 Å². The van der Waals surface area contributed by atoms with Crippen molar-refractivity contribution in [2.45, 2.75) is 19.9 Å². The molecule has 5 nitrogen and oxygen atoms in total. The van der Waals surface area contributed by atoms with Gasteiger partial charge in [0.2, 0.25) is 5.91 Å². The largest absolute Gasteiger partial charge is 0.492 e. The summed E-state index contributed by atoms with van der Waals surface area (Å²) >= 11 is 6.80. The molecule has 1 aliphatic heterocycles. The molecule has 0 bridgehead atoms. The van der Waals surface area contributed by atoms with E-state index in [0.717, 1.165) is 4.88 Å². The predicted molar refractivity (Wildman–Crippen MR) is 106 cm³/mol. The first-order valence-electron chi connectivity index (χ1n) is 8.02. The Labute approximate surface area is 156 Å². The van der Waals surface area contributed by atoms with Crippen LogP contribution in [-0.4, -0.2) is 23.3 Å². The van der Waals surface area contributed by atoms with E-state index in [1.54, 1.807) is 11.3 Å². The standard InChI is InChI=1S/C18H19N3O2S2/c1-3-23-13-8-5-4-7-12(13)20-17(22)15-11(2)19-18(24)21-16(15)14-9-6-10-25-14/h4-10,15-16H,3H2,1-2H3,(H,20,22)(H,21,24). The molecule has 1 aromatic heterocycles. The number of carbonyl (C=O) groups is 1. The number of aliphatic imine (C=N–C) groups is 1. The van der Waals surface area contributed by atoms with E-state index in [1.807, 2.05) is 55.6 Å². The summed E-state index contributed by atoms with van der Waals surface area (Å²) in [4.78, 5) is 18.4. The average Bonchev–Trinajstić information content (AvgIpc) is 3.10. The molecule has 0 saturated carbocycles. The third-order valence-electron chi connectivity index (χ3n) is 3.92. The number of thiophene rings is 1. The molecule has 7 heteroatoms. The molecular weight excluding hydrogens is 354 g/mol. The summed E-state index contributed by atoms with van der Waals surface area (Å²) in [7, 11) is 0. The highest BCUT2D eigenvalue weighted by Crippen LogP contribution is 2.32. The van der Waals surface area contributed by atoms with Gasteiger partial charge in [0, 0.05) is 10.6 Å². The van der Waals surface area contributed by atoms with Gasteiger partial charge >= 0.3 is 0 Å². The Morgan fingerprint density at radius 2 is 2.16 bits per heavy atom. The number of nitrogens with zero attached hydrogens (tertiary/aromatic N) is 1. The fourth-order valence-electron chi connectivity index (χ4n) is 2.83. The molecular formula is C18H19N3O2S2. The first kappa shape index (κ1) is 17.6. The molecule has 2 atom stereocenters. The zero-order valence-electron chi connectivity index (χ0n) is 14.0. The second kappa shape index (κ2) is 7.76. The van der Waals surface area contributed by atoms with Crippen LogP contribution < -0.4 is 15.4 Å². The van der Waals surface area contributed by atoms with Gasteiger partial charge in [0.05, 0.1) is 18.3 Å². The highest BCUT2D eigenvalue weighted by Gasteiger charge is 2.36. The van der Waals surface area contributed by atoms with Crippen LogP contribution in [0.15, 0.2) is 46.8 Å². The summed E-state index contributed by atoms with van der Waals surface area (Å²) in [6, 6.07) is 11.2. The van der Waals surface area contributed by atoms with Crippen LogP contribution in [0.1, 0.15) is 24.8 Å². The normalized spacial score (nSPS) is 19.8. The van der Waals surface area contributed by atoms with Crippen LogP contribution in [0, 0.1) is 5.92 Å². The Morgan fingerprint density at radius 1 is 1.36 bits per heavy atom. The number of anilines is 1. The van der Waals surface area contributed by atoms with Gasteiger partial charge in [-0.05, 0) is 49.6 Å². The molecule has 0 radical (unpaired) electrons. The van der Waals surface area contributed by atoms with Crippen molar-refractivity contribution in [1.29, 1.82) is 0 Å². The summed E-state index contributed by atoms with van der Waals surface area (Å²) in [5.74, 6) is 0.0711. The van der Waals surface area contributed by atoms with Crippen molar-refractivity contribution in [2.75, 3.05) is 11.9 Å². The number of thiocarbonyl (C=S) groups is 1. The van der Waals surface area contributed by atoms with Gasteiger partial charge in [0.25, 0.3) is 0 Å². The minimum Gasteiger partial charge on any atom is -0.492 e. The maximum Gasteiger partial charge on any atom is 0.235 e. The van der Waals surface area contributed by atoms with Crippen LogP contribution in [0.4, 0.5) is 5.69 Å². The van der Waals surface area contributed by atoms with Crippen molar-refractivity contribution < 1.29 is 9.53 Å². The lowest BCUT2D eigenvalue weighted by Gasteiger charge is -2.30. The molecule has 0 aliphatic carbocycles. The first-order chi connectivity index (χ1) is 12.1. The van der Waals surface area contributed by atoms with E-state index in [4.69, 9.17) is 17.0 Å². The van der Waals surface area contributed by atoms with E-state index in [0.29, 0.717) is 28.9 Å². The number of para-hydroxylation sites is 2. The smallest absolute Gasteiger partial charge is 0.235 e. The molecule has 130 valence electrons. The number of hydrogen-bond donors (Lipinski definition) is 2. The Kier molecular flexibility index (Phi) is 5.45. The van der Waals surface area contributed by atoms with Gasteiger partial charge in [0.15, 0.2) is 5.11 Å². The third kappa shape index (κ3) is 3.88. The molecule has 2 unspecified atom stereocenters. The highest BCUT2D eigenvalue weighted by atomic mass is 32.1. The molecule has 2 aromatic rings. The number of hydrogen-bond acceptors (Lipinski definition) is 4. The quantitative estimate of drug-likeness (QED) is 0.783. The SMILES string of the molecule is CCOc1ccccc1NC(=O)C1C(C)=NC(=S)NC1c1cccs1. The van der Waals surface area contributed by atoms with E-state index in [9.17, 15) is 4.79 Å². The van der Waals surface area contributed by atoms with E-state index in [1.165, 1.54) is 0 Å². The number of benzene rings is 1.